The van der Waals surface area contributed by atoms with Crippen LogP contribution in [0.1, 0.15) is 52.0 Å². The smallest absolute Gasteiger partial charge is 0.290 e. The molecule has 2 amide bonds. The minimum atomic E-state index is -2.14. The summed E-state index contributed by atoms with van der Waals surface area (Å²) in [5, 5.41) is 0. The van der Waals surface area contributed by atoms with Gasteiger partial charge in [-0.15, -0.1) is 0 Å². The standard InChI is InChI=1S/C17H29BrN4O3Si/c1-10(2)26(11(3)4,12(5)6)25-9-15(23)21-22-17(24)16-14(19)7-13(18)8-20-16/h7-8,10-12H,9,19H2,1-6H3,(H,21,23)(H,22,24). The van der Waals surface area contributed by atoms with Gasteiger partial charge < -0.3 is 10.2 Å². The summed E-state index contributed by atoms with van der Waals surface area (Å²) in [7, 11) is -2.14. The molecule has 0 atom stereocenters. The highest BCUT2D eigenvalue weighted by molar-refractivity contribution is 9.10. The third kappa shape index (κ3) is 5.27. The van der Waals surface area contributed by atoms with Crippen LogP contribution in [0.15, 0.2) is 16.7 Å². The molecular formula is C17H29BrN4O3Si. The molecule has 0 aliphatic heterocycles. The van der Waals surface area contributed by atoms with E-state index in [1.54, 1.807) is 6.07 Å². The largest absolute Gasteiger partial charge is 0.407 e. The lowest BCUT2D eigenvalue weighted by Gasteiger charge is -2.41. The van der Waals surface area contributed by atoms with E-state index in [1.807, 2.05) is 0 Å². The number of carbonyl (C=O) groups excluding carboxylic acids is 2. The van der Waals surface area contributed by atoms with Crippen molar-refractivity contribution in [2.45, 2.75) is 58.2 Å². The number of carbonyl (C=O) groups is 2. The predicted molar refractivity (Wildman–Crippen MR) is 109 cm³/mol. The van der Waals surface area contributed by atoms with Crippen molar-refractivity contribution >= 4 is 41.7 Å². The lowest BCUT2D eigenvalue weighted by atomic mass is 10.3. The number of halogens is 1. The maximum Gasteiger partial charge on any atom is 0.290 e. The summed E-state index contributed by atoms with van der Waals surface area (Å²) in [6.07, 6.45) is 1.46. The van der Waals surface area contributed by atoms with E-state index in [1.165, 1.54) is 6.20 Å². The first kappa shape index (κ1) is 22.6. The number of rotatable bonds is 7. The number of hydrogen-bond acceptors (Lipinski definition) is 5. The number of nitrogens with two attached hydrogens (primary N) is 1. The van der Waals surface area contributed by atoms with Crippen molar-refractivity contribution in [3.05, 3.63) is 22.4 Å². The highest BCUT2D eigenvalue weighted by atomic mass is 79.9. The van der Waals surface area contributed by atoms with E-state index in [9.17, 15) is 9.59 Å². The van der Waals surface area contributed by atoms with Crippen molar-refractivity contribution in [2.24, 2.45) is 0 Å². The zero-order chi connectivity index (χ0) is 20.1. The summed E-state index contributed by atoms with van der Waals surface area (Å²) in [5.41, 5.74) is 11.8. The first-order valence-electron chi connectivity index (χ1n) is 8.66. The highest BCUT2D eigenvalue weighted by Gasteiger charge is 2.45. The third-order valence-electron chi connectivity index (χ3n) is 4.57. The summed E-state index contributed by atoms with van der Waals surface area (Å²) in [5.74, 6) is -0.990. The molecule has 4 N–H and O–H groups in total. The molecule has 1 rings (SSSR count). The number of amides is 2. The highest BCUT2D eigenvalue weighted by Crippen LogP contribution is 2.42. The van der Waals surface area contributed by atoms with Gasteiger partial charge in [-0.3, -0.25) is 20.4 Å². The predicted octanol–water partition coefficient (Wildman–Crippen LogP) is 3.38. The van der Waals surface area contributed by atoms with Gasteiger partial charge in [0.05, 0.1) is 5.69 Å². The summed E-state index contributed by atoms with van der Waals surface area (Å²) < 4.78 is 6.85. The second-order valence-corrected chi connectivity index (χ2v) is 13.6. The molecule has 0 bridgehead atoms. The fourth-order valence-corrected chi connectivity index (χ4v) is 9.29. The van der Waals surface area contributed by atoms with E-state index in [0.717, 1.165) is 0 Å². The Morgan fingerprint density at radius 3 is 2.15 bits per heavy atom. The molecule has 0 radical (unpaired) electrons. The Morgan fingerprint density at radius 1 is 1.15 bits per heavy atom. The molecule has 0 saturated heterocycles. The van der Waals surface area contributed by atoms with Crippen LogP contribution in [-0.2, 0) is 9.22 Å². The minimum Gasteiger partial charge on any atom is -0.407 e. The maximum absolute atomic E-state index is 12.1. The molecule has 7 nitrogen and oxygen atoms in total. The summed E-state index contributed by atoms with van der Waals surface area (Å²) in [4.78, 5) is 28.2. The fraction of sp³-hybridized carbons (Fsp3) is 0.588. The first-order chi connectivity index (χ1) is 12.0. The van der Waals surface area contributed by atoms with E-state index in [-0.39, 0.29) is 18.0 Å². The van der Waals surface area contributed by atoms with E-state index < -0.39 is 20.1 Å². The van der Waals surface area contributed by atoms with Gasteiger partial charge in [0, 0.05) is 10.7 Å². The zero-order valence-electron chi connectivity index (χ0n) is 16.2. The van der Waals surface area contributed by atoms with Crippen molar-refractivity contribution < 1.29 is 14.0 Å². The van der Waals surface area contributed by atoms with Gasteiger partial charge in [0.15, 0.2) is 5.69 Å². The van der Waals surface area contributed by atoms with Crippen LogP contribution in [0.3, 0.4) is 0 Å². The molecule has 146 valence electrons. The van der Waals surface area contributed by atoms with Crippen LogP contribution in [0.2, 0.25) is 16.6 Å². The summed E-state index contributed by atoms with van der Waals surface area (Å²) in [6.45, 7) is 12.8. The SMILES string of the molecule is CC(C)[Si](OCC(=O)NNC(=O)c1ncc(Br)cc1N)(C(C)C)C(C)C. The molecule has 26 heavy (non-hydrogen) atoms. The molecule has 0 aromatic carbocycles. The average molecular weight is 445 g/mol. The van der Waals surface area contributed by atoms with Crippen LogP contribution in [-0.4, -0.2) is 31.7 Å². The van der Waals surface area contributed by atoms with Crippen LogP contribution in [0.5, 0.6) is 0 Å². The van der Waals surface area contributed by atoms with Crippen molar-refractivity contribution in [1.29, 1.82) is 0 Å². The molecule has 1 heterocycles. The van der Waals surface area contributed by atoms with E-state index in [2.05, 4.69) is 73.3 Å². The number of anilines is 1. The average Bonchev–Trinajstić information content (AvgIpc) is 2.52. The maximum atomic E-state index is 12.1. The lowest BCUT2D eigenvalue weighted by Crippen LogP contribution is -2.51. The van der Waals surface area contributed by atoms with Crippen molar-refractivity contribution in [3.63, 3.8) is 0 Å². The quantitative estimate of drug-likeness (QED) is 0.441. The van der Waals surface area contributed by atoms with E-state index in [4.69, 9.17) is 10.2 Å². The van der Waals surface area contributed by atoms with E-state index in [0.29, 0.717) is 21.1 Å². The molecule has 1 aromatic heterocycles. The number of hydrazine groups is 1. The molecule has 0 fully saturated rings. The van der Waals surface area contributed by atoms with Gasteiger partial charge in [-0.25, -0.2) is 4.98 Å². The Hall–Kier alpha value is -1.45. The first-order valence-corrected chi connectivity index (χ1v) is 11.6. The minimum absolute atomic E-state index is 0.0460. The number of nitrogens with zero attached hydrogens (tertiary/aromatic N) is 1. The number of nitrogens with one attached hydrogen (secondary N) is 2. The number of aromatic nitrogens is 1. The topological polar surface area (TPSA) is 106 Å². The van der Waals surface area contributed by atoms with Gasteiger partial charge in [-0.1, -0.05) is 41.5 Å². The van der Waals surface area contributed by atoms with Crippen molar-refractivity contribution in [3.8, 4) is 0 Å². The second kappa shape index (κ2) is 9.47. The summed E-state index contributed by atoms with van der Waals surface area (Å²) in [6, 6.07) is 1.57. The number of nitrogen functional groups attached to an aromatic ring is 1. The van der Waals surface area contributed by atoms with Crippen molar-refractivity contribution in [1.82, 2.24) is 15.8 Å². The molecular weight excluding hydrogens is 416 g/mol. The number of pyridine rings is 1. The van der Waals surface area contributed by atoms with Gasteiger partial charge in [0.25, 0.3) is 11.8 Å². The molecule has 1 aromatic rings. The monoisotopic (exact) mass is 444 g/mol. The second-order valence-electron chi connectivity index (χ2n) is 7.20. The Kier molecular flexibility index (Phi) is 8.23. The molecule has 0 aliphatic rings. The van der Waals surface area contributed by atoms with Crippen LogP contribution in [0.4, 0.5) is 5.69 Å². The zero-order valence-corrected chi connectivity index (χ0v) is 18.8. The Morgan fingerprint density at radius 2 is 1.69 bits per heavy atom. The van der Waals surface area contributed by atoms with Crippen LogP contribution in [0, 0.1) is 0 Å². The van der Waals surface area contributed by atoms with Gasteiger partial charge in [-0.2, -0.15) is 0 Å². The van der Waals surface area contributed by atoms with Gasteiger partial charge >= 0.3 is 0 Å². The normalized spacial score (nSPS) is 11.9. The summed E-state index contributed by atoms with van der Waals surface area (Å²) >= 11 is 3.22. The van der Waals surface area contributed by atoms with Crippen molar-refractivity contribution in [2.75, 3.05) is 12.3 Å². The fourth-order valence-electron chi connectivity index (χ4n) is 3.56. The lowest BCUT2D eigenvalue weighted by molar-refractivity contribution is -0.124. The Bertz CT molecular complexity index is 631. The van der Waals surface area contributed by atoms with Crippen LogP contribution >= 0.6 is 15.9 Å². The molecule has 0 aliphatic carbocycles. The molecule has 0 spiro atoms. The van der Waals surface area contributed by atoms with Crippen LogP contribution < -0.4 is 16.6 Å². The van der Waals surface area contributed by atoms with Gasteiger partial charge in [0.2, 0.25) is 8.32 Å². The van der Waals surface area contributed by atoms with Crippen LogP contribution in [0.25, 0.3) is 0 Å². The number of hydrogen-bond donors (Lipinski definition) is 3. The Labute approximate surface area is 164 Å². The van der Waals surface area contributed by atoms with E-state index >= 15 is 0 Å². The molecule has 0 unspecified atom stereocenters. The third-order valence-corrected chi connectivity index (χ3v) is 11.1. The Balaban J connectivity index is 2.67. The molecule has 0 saturated carbocycles. The molecule has 9 heteroatoms. The van der Waals surface area contributed by atoms with Gasteiger partial charge in [0.1, 0.15) is 6.61 Å². The van der Waals surface area contributed by atoms with Gasteiger partial charge in [-0.05, 0) is 38.6 Å².